The first-order chi connectivity index (χ1) is 13.1. The summed E-state index contributed by atoms with van der Waals surface area (Å²) in [5.41, 5.74) is 0. The van der Waals surface area contributed by atoms with Crippen molar-refractivity contribution in [3.8, 4) is 0 Å². The maximum absolute atomic E-state index is 12.4. The summed E-state index contributed by atoms with van der Waals surface area (Å²) in [6.07, 6.45) is 11.7. The summed E-state index contributed by atoms with van der Waals surface area (Å²) in [6, 6.07) is 0.316. The van der Waals surface area contributed by atoms with E-state index in [4.69, 9.17) is 4.74 Å². The minimum Gasteiger partial charge on any atom is -0.381 e. The van der Waals surface area contributed by atoms with Crippen LogP contribution in [0, 0.1) is 23.7 Å². The van der Waals surface area contributed by atoms with Crippen molar-refractivity contribution in [1.29, 1.82) is 0 Å². The Morgan fingerprint density at radius 3 is 2.22 bits per heavy atom. The zero-order chi connectivity index (χ0) is 19.1. The van der Waals surface area contributed by atoms with Crippen molar-refractivity contribution in [3.63, 3.8) is 0 Å². The van der Waals surface area contributed by atoms with Crippen molar-refractivity contribution in [3.05, 3.63) is 0 Å². The fraction of sp³-hybridized carbons (Fsp3) is 0.909. The molecule has 0 aromatic heterocycles. The van der Waals surface area contributed by atoms with Crippen LogP contribution in [0.25, 0.3) is 0 Å². The van der Waals surface area contributed by atoms with Gasteiger partial charge in [-0.25, -0.2) is 0 Å². The van der Waals surface area contributed by atoms with E-state index in [9.17, 15) is 9.59 Å². The number of hydrogen-bond donors (Lipinski definition) is 2. The Hall–Kier alpha value is -1.10. The summed E-state index contributed by atoms with van der Waals surface area (Å²) >= 11 is 0. The highest BCUT2D eigenvalue weighted by Crippen LogP contribution is 2.31. The number of amides is 2. The Labute approximate surface area is 164 Å². The largest absolute Gasteiger partial charge is 0.381 e. The molecule has 1 saturated heterocycles. The maximum Gasteiger partial charge on any atom is 0.223 e. The van der Waals surface area contributed by atoms with E-state index < -0.39 is 0 Å². The van der Waals surface area contributed by atoms with Crippen LogP contribution in [0.5, 0.6) is 0 Å². The molecule has 5 heteroatoms. The average molecular weight is 379 g/mol. The third kappa shape index (κ3) is 6.48. The molecular weight excluding hydrogens is 340 g/mol. The quantitative estimate of drug-likeness (QED) is 0.713. The Kier molecular flexibility index (Phi) is 7.98. The fourth-order valence-electron chi connectivity index (χ4n) is 5.03. The lowest BCUT2D eigenvalue weighted by Gasteiger charge is -2.31. The molecule has 5 nitrogen and oxygen atoms in total. The maximum atomic E-state index is 12.4. The zero-order valence-electron chi connectivity index (χ0n) is 17.0. The van der Waals surface area contributed by atoms with Gasteiger partial charge in [0.05, 0.1) is 0 Å². The highest BCUT2D eigenvalue weighted by molar-refractivity contribution is 5.78. The Balaban J connectivity index is 1.28. The predicted molar refractivity (Wildman–Crippen MR) is 106 cm³/mol. The predicted octanol–water partition coefficient (Wildman–Crippen LogP) is 3.42. The standard InChI is InChI=1S/C22H38N2O3/c1-2-16-3-7-19(8-4-16)22(26)23-14-17-5-9-20(10-6-17)24-21(25)13-18-11-12-27-15-18/h16-20H,2-15H2,1H3,(H,23,26)(H,24,25)/t16?,17?,18-,19?,20?/m1/s1. The van der Waals surface area contributed by atoms with Crippen molar-refractivity contribution in [2.45, 2.75) is 83.6 Å². The van der Waals surface area contributed by atoms with Crippen LogP contribution in [0.1, 0.15) is 77.6 Å². The van der Waals surface area contributed by atoms with Crippen LogP contribution in [0.4, 0.5) is 0 Å². The molecule has 0 radical (unpaired) electrons. The van der Waals surface area contributed by atoms with E-state index in [0.29, 0.717) is 24.3 Å². The van der Waals surface area contributed by atoms with E-state index in [1.165, 1.54) is 19.3 Å². The number of carbonyl (C=O) groups excluding carboxylic acids is 2. The summed E-state index contributed by atoms with van der Waals surface area (Å²) in [4.78, 5) is 24.6. The first-order valence-corrected chi connectivity index (χ1v) is 11.3. The van der Waals surface area contributed by atoms with Crippen molar-refractivity contribution < 1.29 is 14.3 Å². The Morgan fingerprint density at radius 1 is 0.889 bits per heavy atom. The zero-order valence-corrected chi connectivity index (χ0v) is 17.0. The summed E-state index contributed by atoms with van der Waals surface area (Å²) in [6.45, 7) is 4.61. The van der Waals surface area contributed by atoms with Gasteiger partial charge in [-0.15, -0.1) is 0 Å². The second-order valence-electron chi connectivity index (χ2n) is 9.09. The second-order valence-corrected chi connectivity index (χ2v) is 9.09. The molecule has 1 heterocycles. The van der Waals surface area contributed by atoms with E-state index in [1.807, 2.05) is 0 Å². The van der Waals surface area contributed by atoms with E-state index in [1.54, 1.807) is 0 Å². The molecular formula is C22H38N2O3. The van der Waals surface area contributed by atoms with Crippen molar-refractivity contribution in [1.82, 2.24) is 10.6 Å². The van der Waals surface area contributed by atoms with Crippen molar-refractivity contribution in [2.75, 3.05) is 19.8 Å². The van der Waals surface area contributed by atoms with Gasteiger partial charge in [0, 0.05) is 38.1 Å². The van der Waals surface area contributed by atoms with Gasteiger partial charge in [-0.3, -0.25) is 9.59 Å². The van der Waals surface area contributed by atoms with Gasteiger partial charge >= 0.3 is 0 Å². The molecule has 0 spiro atoms. The normalized spacial score (nSPS) is 34.2. The summed E-state index contributed by atoms with van der Waals surface area (Å²) < 4.78 is 5.35. The SMILES string of the molecule is CCC1CCC(C(=O)NCC2CCC(NC(=O)C[C@H]3CCOC3)CC2)CC1. The van der Waals surface area contributed by atoms with Gasteiger partial charge in [-0.2, -0.15) is 0 Å². The van der Waals surface area contributed by atoms with Crippen LogP contribution < -0.4 is 10.6 Å². The number of nitrogens with one attached hydrogen (secondary N) is 2. The number of ether oxygens (including phenoxy) is 1. The lowest BCUT2D eigenvalue weighted by molar-refractivity contribution is -0.126. The monoisotopic (exact) mass is 378 g/mol. The van der Waals surface area contributed by atoms with Crippen molar-refractivity contribution in [2.24, 2.45) is 23.7 Å². The number of rotatable bonds is 7. The van der Waals surface area contributed by atoms with Gasteiger partial charge in [0.2, 0.25) is 11.8 Å². The van der Waals surface area contributed by atoms with Gasteiger partial charge in [-0.05, 0) is 75.5 Å². The van der Waals surface area contributed by atoms with Gasteiger partial charge in [-0.1, -0.05) is 13.3 Å². The van der Waals surface area contributed by atoms with E-state index in [-0.39, 0.29) is 17.7 Å². The van der Waals surface area contributed by atoms with Crippen LogP contribution in [-0.4, -0.2) is 37.6 Å². The Morgan fingerprint density at radius 2 is 1.59 bits per heavy atom. The molecule has 0 aromatic carbocycles. The molecule has 1 atom stereocenters. The highest BCUT2D eigenvalue weighted by atomic mass is 16.5. The molecule has 3 rings (SSSR count). The summed E-state index contributed by atoms with van der Waals surface area (Å²) in [5.74, 6) is 2.51. The lowest BCUT2D eigenvalue weighted by atomic mass is 9.80. The van der Waals surface area contributed by atoms with Crippen molar-refractivity contribution >= 4 is 11.8 Å². The molecule has 1 aliphatic heterocycles. The molecule has 2 N–H and O–H groups in total. The minimum absolute atomic E-state index is 0.185. The van der Waals surface area contributed by atoms with Crippen LogP contribution in [-0.2, 0) is 14.3 Å². The Bertz CT molecular complexity index is 474. The fourth-order valence-corrected chi connectivity index (χ4v) is 5.03. The van der Waals surface area contributed by atoms with Crippen LogP contribution in [0.15, 0.2) is 0 Å². The molecule has 0 bridgehead atoms. The van der Waals surface area contributed by atoms with Crippen LogP contribution >= 0.6 is 0 Å². The molecule has 0 aromatic rings. The average Bonchev–Trinajstić information content (AvgIpc) is 3.20. The molecule has 3 fully saturated rings. The molecule has 2 saturated carbocycles. The molecule has 27 heavy (non-hydrogen) atoms. The molecule has 2 aliphatic carbocycles. The third-order valence-corrected chi connectivity index (χ3v) is 7.07. The molecule has 2 amide bonds. The minimum atomic E-state index is 0.185. The van der Waals surface area contributed by atoms with Gasteiger partial charge in [0.25, 0.3) is 0 Å². The summed E-state index contributed by atoms with van der Waals surface area (Å²) in [7, 11) is 0. The first-order valence-electron chi connectivity index (χ1n) is 11.3. The molecule has 0 unspecified atom stereocenters. The van der Waals surface area contributed by atoms with Crippen LogP contribution in [0.3, 0.4) is 0 Å². The summed E-state index contributed by atoms with van der Waals surface area (Å²) in [5, 5.41) is 6.43. The van der Waals surface area contributed by atoms with Crippen LogP contribution in [0.2, 0.25) is 0 Å². The smallest absolute Gasteiger partial charge is 0.223 e. The van der Waals surface area contributed by atoms with E-state index in [2.05, 4.69) is 17.6 Å². The van der Waals surface area contributed by atoms with Gasteiger partial charge in [0.1, 0.15) is 0 Å². The van der Waals surface area contributed by atoms with Gasteiger partial charge in [0.15, 0.2) is 0 Å². The van der Waals surface area contributed by atoms with E-state index in [0.717, 1.165) is 70.6 Å². The second kappa shape index (κ2) is 10.4. The topological polar surface area (TPSA) is 67.4 Å². The lowest BCUT2D eigenvalue weighted by Crippen LogP contribution is -2.41. The highest BCUT2D eigenvalue weighted by Gasteiger charge is 2.28. The molecule has 154 valence electrons. The molecule has 3 aliphatic rings. The first kappa shape index (κ1) is 20.6. The third-order valence-electron chi connectivity index (χ3n) is 7.07. The van der Waals surface area contributed by atoms with E-state index >= 15 is 0 Å². The van der Waals surface area contributed by atoms with Gasteiger partial charge < -0.3 is 15.4 Å². The number of hydrogen-bond acceptors (Lipinski definition) is 3. The number of carbonyl (C=O) groups is 2.